The van der Waals surface area contributed by atoms with Crippen LogP contribution in [0, 0.1) is 6.92 Å². The number of aryl methyl sites for hydroxylation is 2. The van der Waals surface area contributed by atoms with Gasteiger partial charge >= 0.3 is 0 Å². The summed E-state index contributed by atoms with van der Waals surface area (Å²) in [5.74, 6) is 0.843. The maximum Gasteiger partial charge on any atom is 0.251 e. The zero-order chi connectivity index (χ0) is 14.5. The van der Waals surface area contributed by atoms with Crippen LogP contribution in [0.15, 0.2) is 24.4 Å². The highest BCUT2D eigenvalue weighted by Crippen LogP contribution is 2.08. The lowest BCUT2D eigenvalue weighted by Gasteiger charge is -2.07. The third-order valence-corrected chi connectivity index (χ3v) is 2.79. The van der Waals surface area contributed by atoms with E-state index in [1.807, 2.05) is 13.8 Å². The molecule has 0 atom stereocenters. The third kappa shape index (κ3) is 3.50. The fourth-order valence-corrected chi connectivity index (χ4v) is 1.80. The lowest BCUT2D eigenvalue weighted by molar-refractivity contribution is 0.0950. The summed E-state index contributed by atoms with van der Waals surface area (Å²) < 4.78 is 0. The summed E-state index contributed by atoms with van der Waals surface area (Å²) >= 11 is 0. The van der Waals surface area contributed by atoms with Gasteiger partial charge in [-0.25, -0.2) is 15.0 Å². The monoisotopic (exact) mass is 271 g/mol. The van der Waals surface area contributed by atoms with Crippen molar-refractivity contribution in [3.05, 3.63) is 47.2 Å². The fraction of sp³-hybridized carbons (Fsp3) is 0.286. The minimum Gasteiger partial charge on any atom is -0.384 e. The van der Waals surface area contributed by atoms with E-state index in [0.29, 0.717) is 23.8 Å². The first-order valence-corrected chi connectivity index (χ1v) is 6.41. The van der Waals surface area contributed by atoms with E-state index in [9.17, 15) is 4.79 Å². The third-order valence-electron chi connectivity index (χ3n) is 2.79. The van der Waals surface area contributed by atoms with Crippen LogP contribution in [0.1, 0.15) is 34.5 Å². The van der Waals surface area contributed by atoms with E-state index in [4.69, 9.17) is 5.73 Å². The molecule has 0 aliphatic rings. The Kier molecular flexibility index (Phi) is 4.24. The van der Waals surface area contributed by atoms with Crippen LogP contribution < -0.4 is 11.1 Å². The van der Waals surface area contributed by atoms with Gasteiger partial charge in [-0.15, -0.1) is 0 Å². The lowest BCUT2D eigenvalue weighted by atomic mass is 10.2. The van der Waals surface area contributed by atoms with E-state index in [2.05, 4.69) is 20.3 Å². The Morgan fingerprint density at radius 3 is 2.80 bits per heavy atom. The summed E-state index contributed by atoms with van der Waals surface area (Å²) in [6.45, 7) is 4.13. The van der Waals surface area contributed by atoms with Crippen molar-refractivity contribution in [2.75, 3.05) is 5.73 Å². The van der Waals surface area contributed by atoms with Gasteiger partial charge in [-0.05, 0) is 31.5 Å². The molecule has 2 rings (SSSR count). The van der Waals surface area contributed by atoms with E-state index in [1.165, 1.54) is 0 Å². The van der Waals surface area contributed by atoms with Crippen molar-refractivity contribution in [3.63, 3.8) is 0 Å². The molecule has 6 nitrogen and oxygen atoms in total. The molecule has 0 fully saturated rings. The molecule has 1 amide bonds. The second kappa shape index (κ2) is 6.10. The van der Waals surface area contributed by atoms with E-state index >= 15 is 0 Å². The van der Waals surface area contributed by atoms with Gasteiger partial charge in [0, 0.05) is 17.5 Å². The summed E-state index contributed by atoms with van der Waals surface area (Å²) in [6.07, 6.45) is 2.40. The number of aromatic nitrogens is 3. The average molecular weight is 271 g/mol. The second-order valence-electron chi connectivity index (χ2n) is 4.40. The normalized spacial score (nSPS) is 10.3. The van der Waals surface area contributed by atoms with Gasteiger partial charge in [-0.3, -0.25) is 4.79 Å². The van der Waals surface area contributed by atoms with Crippen LogP contribution in [0.3, 0.4) is 0 Å². The number of nitrogens with zero attached hydrogens (tertiary/aromatic N) is 3. The number of hydrogen-bond acceptors (Lipinski definition) is 5. The van der Waals surface area contributed by atoms with Crippen molar-refractivity contribution in [2.45, 2.75) is 26.8 Å². The van der Waals surface area contributed by atoms with Gasteiger partial charge in [0.1, 0.15) is 11.6 Å². The van der Waals surface area contributed by atoms with Crippen molar-refractivity contribution in [2.24, 2.45) is 0 Å². The van der Waals surface area contributed by atoms with E-state index < -0.39 is 0 Å². The van der Waals surface area contributed by atoms with Gasteiger partial charge < -0.3 is 11.1 Å². The van der Waals surface area contributed by atoms with Crippen LogP contribution in [0.2, 0.25) is 0 Å². The number of rotatable bonds is 4. The second-order valence-corrected chi connectivity index (χ2v) is 4.40. The minimum atomic E-state index is -0.190. The summed E-state index contributed by atoms with van der Waals surface area (Å²) in [5.41, 5.74) is 7.77. The number of carbonyl (C=O) groups is 1. The van der Waals surface area contributed by atoms with E-state index in [0.717, 1.165) is 17.8 Å². The zero-order valence-corrected chi connectivity index (χ0v) is 11.6. The molecule has 0 saturated carbocycles. The first-order valence-electron chi connectivity index (χ1n) is 6.41. The fourth-order valence-electron chi connectivity index (χ4n) is 1.80. The van der Waals surface area contributed by atoms with Gasteiger partial charge in [0.25, 0.3) is 5.91 Å². The number of nitrogens with one attached hydrogen (secondary N) is 1. The molecule has 2 aromatic rings. The minimum absolute atomic E-state index is 0.190. The number of amides is 1. The molecular weight excluding hydrogens is 254 g/mol. The van der Waals surface area contributed by atoms with Crippen molar-refractivity contribution in [1.29, 1.82) is 0 Å². The highest BCUT2D eigenvalue weighted by molar-refractivity contribution is 5.94. The largest absolute Gasteiger partial charge is 0.384 e. The lowest BCUT2D eigenvalue weighted by Crippen LogP contribution is -2.24. The van der Waals surface area contributed by atoms with Crippen molar-refractivity contribution in [3.8, 4) is 0 Å². The summed E-state index contributed by atoms with van der Waals surface area (Å²) in [7, 11) is 0. The molecule has 0 spiro atoms. The van der Waals surface area contributed by atoms with Crippen molar-refractivity contribution < 1.29 is 4.79 Å². The maximum atomic E-state index is 12.1. The number of pyridine rings is 1. The van der Waals surface area contributed by atoms with Gasteiger partial charge in [-0.2, -0.15) is 0 Å². The molecule has 0 bridgehead atoms. The molecule has 0 aliphatic heterocycles. The smallest absolute Gasteiger partial charge is 0.251 e. The van der Waals surface area contributed by atoms with Gasteiger partial charge in [0.15, 0.2) is 0 Å². The Bertz CT molecular complexity index is 627. The van der Waals surface area contributed by atoms with Crippen LogP contribution in [-0.2, 0) is 13.0 Å². The van der Waals surface area contributed by atoms with Crippen LogP contribution in [0.5, 0.6) is 0 Å². The van der Waals surface area contributed by atoms with E-state index in [1.54, 1.807) is 24.4 Å². The molecule has 6 heteroatoms. The van der Waals surface area contributed by atoms with Crippen molar-refractivity contribution in [1.82, 2.24) is 20.3 Å². The quantitative estimate of drug-likeness (QED) is 0.873. The molecule has 0 radical (unpaired) electrons. The van der Waals surface area contributed by atoms with Crippen molar-refractivity contribution >= 4 is 11.7 Å². The zero-order valence-electron chi connectivity index (χ0n) is 11.6. The molecule has 104 valence electrons. The molecule has 3 N–H and O–H groups in total. The molecule has 0 saturated heterocycles. The Hall–Kier alpha value is -2.50. The standard InChI is InChI=1S/C14H17N5O/c1-3-11-6-10(7-13(15)19-11)14(20)17-8-12-4-5-16-9(2)18-12/h4-7H,3,8H2,1-2H3,(H2,15,19)(H,17,20). The van der Waals surface area contributed by atoms with Crippen LogP contribution >= 0.6 is 0 Å². The number of hydrogen-bond donors (Lipinski definition) is 2. The summed E-state index contributed by atoms with van der Waals surface area (Å²) in [5, 5.41) is 2.81. The Morgan fingerprint density at radius 2 is 2.10 bits per heavy atom. The van der Waals surface area contributed by atoms with Gasteiger partial charge in [-0.1, -0.05) is 6.92 Å². The predicted octanol–water partition coefficient (Wildman–Crippen LogP) is 1.25. The first-order chi connectivity index (χ1) is 9.58. The van der Waals surface area contributed by atoms with Gasteiger partial charge in [0.05, 0.1) is 12.2 Å². The predicted molar refractivity (Wildman–Crippen MR) is 76.0 cm³/mol. The molecule has 2 heterocycles. The number of nitrogens with two attached hydrogens (primary N) is 1. The summed E-state index contributed by atoms with van der Waals surface area (Å²) in [6, 6.07) is 5.09. The first kappa shape index (κ1) is 13.9. The van der Waals surface area contributed by atoms with Crippen LogP contribution in [-0.4, -0.2) is 20.9 Å². The molecule has 20 heavy (non-hydrogen) atoms. The van der Waals surface area contributed by atoms with Crippen LogP contribution in [0.25, 0.3) is 0 Å². The van der Waals surface area contributed by atoms with Gasteiger partial charge in [0.2, 0.25) is 0 Å². The van der Waals surface area contributed by atoms with E-state index in [-0.39, 0.29) is 5.91 Å². The highest BCUT2D eigenvalue weighted by Gasteiger charge is 2.08. The number of nitrogen functional groups attached to an aromatic ring is 1. The Labute approximate surface area is 117 Å². The number of carbonyl (C=O) groups excluding carboxylic acids is 1. The Morgan fingerprint density at radius 1 is 1.30 bits per heavy atom. The average Bonchev–Trinajstić information content (AvgIpc) is 2.44. The summed E-state index contributed by atoms with van der Waals surface area (Å²) in [4.78, 5) is 24.5. The van der Waals surface area contributed by atoms with Crippen LogP contribution in [0.4, 0.5) is 5.82 Å². The molecule has 0 aliphatic carbocycles. The molecule has 0 unspecified atom stereocenters. The maximum absolute atomic E-state index is 12.1. The topological polar surface area (TPSA) is 93.8 Å². The highest BCUT2D eigenvalue weighted by atomic mass is 16.1. The molecule has 0 aromatic carbocycles. The molecule has 2 aromatic heterocycles. The SMILES string of the molecule is CCc1cc(C(=O)NCc2ccnc(C)n2)cc(N)n1. The Balaban J connectivity index is 2.07. The molecular formula is C14H17N5O. The number of anilines is 1.